The molecule has 0 atom stereocenters. The van der Waals surface area contributed by atoms with E-state index in [4.69, 9.17) is 0 Å². The van der Waals surface area contributed by atoms with Gasteiger partial charge in [0.1, 0.15) is 0 Å². The van der Waals surface area contributed by atoms with Crippen molar-refractivity contribution in [1.82, 2.24) is 4.98 Å². The van der Waals surface area contributed by atoms with Gasteiger partial charge in [-0.3, -0.25) is 9.78 Å². The number of aryl methyl sites for hydroxylation is 1. The number of hydrogen-bond donors (Lipinski definition) is 0. The van der Waals surface area contributed by atoms with Gasteiger partial charge >= 0.3 is 0 Å². The van der Waals surface area contributed by atoms with Crippen LogP contribution in [0.2, 0.25) is 0 Å². The fourth-order valence-corrected chi connectivity index (χ4v) is 2.65. The molecule has 4 rings (SSSR count). The van der Waals surface area contributed by atoms with Gasteiger partial charge in [0.05, 0.1) is 0 Å². The number of carbonyl (C=O) groups is 1. The van der Waals surface area contributed by atoms with E-state index in [2.05, 4.69) is 67.9 Å². The first-order valence-corrected chi connectivity index (χ1v) is 9.64. The molecule has 0 fully saturated rings. The summed E-state index contributed by atoms with van der Waals surface area (Å²) in [5, 5.41) is 0. The molecule has 1 aromatic heterocycles. The molecule has 0 aliphatic heterocycles. The average Bonchev–Trinajstić information content (AvgIpc) is 3.24. The molecule has 0 saturated heterocycles. The van der Waals surface area contributed by atoms with Crippen molar-refractivity contribution in [3.05, 3.63) is 108 Å². The Hall–Kier alpha value is -3.00. The van der Waals surface area contributed by atoms with E-state index < -0.39 is 0 Å². The molecule has 0 spiro atoms. The highest BCUT2D eigenvalue weighted by atomic mass is 16.1. The van der Waals surface area contributed by atoms with E-state index in [1.165, 1.54) is 22.3 Å². The summed E-state index contributed by atoms with van der Waals surface area (Å²) in [5.41, 5.74) is 7.06. The SMILES string of the molecule is C=C1C(=O)C=C1C.CC(C)c1ccc(C2=CCC=C2)cc1.Cc1ccncc1. The van der Waals surface area contributed by atoms with Crippen LogP contribution in [-0.4, -0.2) is 10.8 Å². The summed E-state index contributed by atoms with van der Waals surface area (Å²) < 4.78 is 0. The summed E-state index contributed by atoms with van der Waals surface area (Å²) in [6, 6.07) is 12.8. The molecular weight excluding hydrogens is 342 g/mol. The minimum absolute atomic E-state index is 0.0810. The third-order valence-corrected chi connectivity index (χ3v) is 4.65. The molecular formula is C26H29NO. The molecule has 1 heterocycles. The molecule has 28 heavy (non-hydrogen) atoms. The van der Waals surface area contributed by atoms with Gasteiger partial charge in [0.25, 0.3) is 0 Å². The summed E-state index contributed by atoms with van der Waals surface area (Å²) in [7, 11) is 0. The molecule has 1 aromatic carbocycles. The largest absolute Gasteiger partial charge is 0.289 e. The maximum Gasteiger partial charge on any atom is 0.185 e. The van der Waals surface area contributed by atoms with Crippen LogP contribution in [0.4, 0.5) is 0 Å². The van der Waals surface area contributed by atoms with E-state index >= 15 is 0 Å². The van der Waals surface area contributed by atoms with E-state index in [1.54, 1.807) is 18.5 Å². The predicted molar refractivity (Wildman–Crippen MR) is 119 cm³/mol. The van der Waals surface area contributed by atoms with Gasteiger partial charge in [-0.2, -0.15) is 0 Å². The van der Waals surface area contributed by atoms with E-state index in [9.17, 15) is 4.79 Å². The molecule has 2 aromatic rings. The number of nitrogens with zero attached hydrogens (tertiary/aromatic N) is 1. The molecule has 0 bridgehead atoms. The van der Waals surface area contributed by atoms with Gasteiger partial charge in [0.2, 0.25) is 0 Å². The summed E-state index contributed by atoms with van der Waals surface area (Å²) in [6.45, 7) is 11.9. The number of benzene rings is 1. The number of pyridine rings is 1. The second kappa shape index (κ2) is 10.4. The number of rotatable bonds is 2. The number of hydrogen-bond acceptors (Lipinski definition) is 2. The Bertz CT molecular complexity index is 897. The van der Waals surface area contributed by atoms with Crippen LogP contribution in [0.1, 0.15) is 49.8 Å². The Kier molecular flexibility index (Phi) is 7.88. The molecule has 0 radical (unpaired) electrons. The molecule has 144 valence electrons. The third kappa shape index (κ3) is 6.31. The van der Waals surface area contributed by atoms with Crippen LogP contribution in [0.15, 0.2) is 90.8 Å². The Morgan fingerprint density at radius 1 is 1.00 bits per heavy atom. The van der Waals surface area contributed by atoms with Gasteiger partial charge in [-0.25, -0.2) is 0 Å². The minimum atomic E-state index is 0.0810. The lowest BCUT2D eigenvalue weighted by atomic mass is 9.94. The molecule has 0 amide bonds. The standard InChI is InChI=1S/C14H16.C6H7N.C6H6O/c1-11(2)12-7-9-14(10-8-12)13-5-3-4-6-13;1-6-2-4-7-5-3-6;1-4-3-6(7)5(4)2/h3,5-11H,4H2,1-2H3;2-5H,1H3;3H,2H2,1H3. The smallest absolute Gasteiger partial charge is 0.185 e. The fraction of sp³-hybridized carbons (Fsp3) is 0.231. The van der Waals surface area contributed by atoms with Crippen LogP contribution >= 0.6 is 0 Å². The highest BCUT2D eigenvalue weighted by Gasteiger charge is 2.15. The monoisotopic (exact) mass is 371 g/mol. The van der Waals surface area contributed by atoms with Crippen molar-refractivity contribution in [2.24, 2.45) is 0 Å². The van der Waals surface area contributed by atoms with E-state index in [0.29, 0.717) is 11.5 Å². The van der Waals surface area contributed by atoms with Crippen molar-refractivity contribution in [2.75, 3.05) is 0 Å². The second-order valence-electron chi connectivity index (χ2n) is 7.27. The Balaban J connectivity index is 0.000000168. The molecule has 0 saturated carbocycles. The molecule has 0 N–H and O–H groups in total. The first-order valence-electron chi connectivity index (χ1n) is 9.64. The molecule has 2 aliphatic carbocycles. The third-order valence-electron chi connectivity index (χ3n) is 4.65. The lowest BCUT2D eigenvalue weighted by Crippen LogP contribution is -2.09. The van der Waals surface area contributed by atoms with E-state index in [1.807, 2.05) is 26.0 Å². The molecule has 2 nitrogen and oxygen atoms in total. The first kappa shape index (κ1) is 21.3. The highest BCUT2D eigenvalue weighted by Crippen LogP contribution is 2.23. The van der Waals surface area contributed by atoms with Crippen LogP contribution < -0.4 is 0 Å². The Labute approximate surface area is 169 Å². The van der Waals surface area contributed by atoms with Gasteiger partial charge in [-0.05, 0) is 72.2 Å². The number of ketones is 1. The van der Waals surface area contributed by atoms with Gasteiger partial charge in [-0.15, -0.1) is 0 Å². The van der Waals surface area contributed by atoms with Crippen molar-refractivity contribution in [2.45, 2.75) is 40.0 Å². The quantitative estimate of drug-likeness (QED) is 0.556. The molecule has 2 heteroatoms. The molecule has 2 aliphatic rings. The van der Waals surface area contributed by atoms with Gasteiger partial charge in [0.15, 0.2) is 5.78 Å². The summed E-state index contributed by atoms with van der Waals surface area (Å²) in [4.78, 5) is 14.1. The van der Waals surface area contributed by atoms with Crippen molar-refractivity contribution < 1.29 is 4.79 Å². The number of carbonyl (C=O) groups excluding carboxylic acids is 1. The number of allylic oxidation sites excluding steroid dienone is 7. The van der Waals surface area contributed by atoms with Gasteiger partial charge < -0.3 is 0 Å². The maximum atomic E-state index is 10.3. The van der Waals surface area contributed by atoms with Crippen LogP contribution in [0.25, 0.3) is 5.57 Å². The zero-order valence-corrected chi connectivity index (χ0v) is 17.3. The highest BCUT2D eigenvalue weighted by molar-refractivity contribution is 6.14. The second-order valence-corrected chi connectivity index (χ2v) is 7.27. The summed E-state index contributed by atoms with van der Waals surface area (Å²) in [5.74, 6) is 0.703. The van der Waals surface area contributed by atoms with Gasteiger partial charge in [0, 0.05) is 18.0 Å². The van der Waals surface area contributed by atoms with Crippen LogP contribution in [0.3, 0.4) is 0 Å². The summed E-state index contributed by atoms with van der Waals surface area (Å²) in [6.07, 6.45) is 12.9. The van der Waals surface area contributed by atoms with Gasteiger partial charge in [-0.1, -0.05) is 62.9 Å². The number of aromatic nitrogens is 1. The Morgan fingerprint density at radius 2 is 1.64 bits per heavy atom. The topological polar surface area (TPSA) is 30.0 Å². The summed E-state index contributed by atoms with van der Waals surface area (Å²) >= 11 is 0. The lowest BCUT2D eigenvalue weighted by molar-refractivity contribution is -0.112. The van der Waals surface area contributed by atoms with Crippen LogP contribution in [-0.2, 0) is 4.79 Å². The van der Waals surface area contributed by atoms with Crippen molar-refractivity contribution >= 4 is 11.4 Å². The zero-order valence-electron chi connectivity index (χ0n) is 17.3. The van der Waals surface area contributed by atoms with Crippen LogP contribution in [0.5, 0.6) is 0 Å². The predicted octanol–water partition coefficient (Wildman–Crippen LogP) is 6.61. The normalized spacial score (nSPS) is 14.3. The molecule has 0 unspecified atom stereocenters. The van der Waals surface area contributed by atoms with E-state index in [-0.39, 0.29) is 5.78 Å². The van der Waals surface area contributed by atoms with Crippen molar-refractivity contribution in [3.63, 3.8) is 0 Å². The lowest BCUT2D eigenvalue weighted by Gasteiger charge is -2.09. The van der Waals surface area contributed by atoms with Crippen LogP contribution in [0, 0.1) is 6.92 Å². The average molecular weight is 372 g/mol. The minimum Gasteiger partial charge on any atom is -0.289 e. The maximum absolute atomic E-state index is 10.3. The van der Waals surface area contributed by atoms with Crippen molar-refractivity contribution in [3.8, 4) is 0 Å². The van der Waals surface area contributed by atoms with Crippen molar-refractivity contribution in [1.29, 1.82) is 0 Å². The zero-order chi connectivity index (χ0) is 20.5. The van der Waals surface area contributed by atoms with E-state index in [0.717, 1.165) is 12.0 Å². The first-order chi connectivity index (χ1) is 13.4. The Morgan fingerprint density at radius 3 is 1.96 bits per heavy atom. The fourth-order valence-electron chi connectivity index (χ4n) is 2.65.